The van der Waals surface area contributed by atoms with E-state index in [4.69, 9.17) is 0 Å². The Morgan fingerprint density at radius 1 is 1.47 bits per heavy atom. The number of hydrogen-bond acceptors (Lipinski definition) is 1. The minimum atomic E-state index is 0.326. The molecule has 86 valence electrons. The molecular formula is C12H20BrNO. The first kappa shape index (κ1) is 11.4. The average Bonchev–Trinajstić information content (AvgIpc) is 2.67. The van der Waals surface area contributed by atoms with Gasteiger partial charge in [-0.1, -0.05) is 29.3 Å². The number of rotatable bonds is 5. The zero-order chi connectivity index (χ0) is 10.8. The number of carbonyl (C=O) groups is 1. The second-order valence-electron chi connectivity index (χ2n) is 5.00. The van der Waals surface area contributed by atoms with E-state index in [9.17, 15) is 4.79 Å². The van der Waals surface area contributed by atoms with Crippen LogP contribution in [0.25, 0.3) is 0 Å². The summed E-state index contributed by atoms with van der Waals surface area (Å²) >= 11 is 3.51. The zero-order valence-corrected chi connectivity index (χ0v) is 10.9. The Hall–Kier alpha value is -0.0500. The first-order chi connectivity index (χ1) is 7.20. The van der Waals surface area contributed by atoms with Crippen LogP contribution in [-0.4, -0.2) is 17.3 Å². The van der Waals surface area contributed by atoms with Crippen LogP contribution in [0.15, 0.2) is 0 Å². The van der Waals surface area contributed by atoms with Gasteiger partial charge < -0.3 is 5.32 Å². The van der Waals surface area contributed by atoms with Gasteiger partial charge in [-0.2, -0.15) is 0 Å². The Morgan fingerprint density at radius 2 is 2.13 bits per heavy atom. The van der Waals surface area contributed by atoms with Gasteiger partial charge in [0.1, 0.15) is 0 Å². The molecule has 2 aliphatic rings. The standard InChI is InChI=1S/C12H20BrNO/c1-8(13)4-3-7-14-12(15)11-9-5-2-6-10(9)11/h8-11H,2-7H2,1H3,(H,14,15). The first-order valence-corrected chi connectivity index (χ1v) is 7.03. The van der Waals surface area contributed by atoms with E-state index in [1.807, 2.05) is 0 Å². The van der Waals surface area contributed by atoms with Crippen molar-refractivity contribution < 1.29 is 4.79 Å². The molecule has 2 fully saturated rings. The summed E-state index contributed by atoms with van der Waals surface area (Å²) in [5.41, 5.74) is 0. The van der Waals surface area contributed by atoms with Crippen LogP contribution in [0.1, 0.15) is 39.0 Å². The molecule has 0 radical (unpaired) electrons. The molecule has 0 aromatic carbocycles. The number of carbonyl (C=O) groups excluding carboxylic acids is 1. The van der Waals surface area contributed by atoms with Gasteiger partial charge in [0.2, 0.25) is 5.91 Å². The zero-order valence-electron chi connectivity index (χ0n) is 9.34. The molecule has 0 aromatic rings. The van der Waals surface area contributed by atoms with E-state index in [-0.39, 0.29) is 0 Å². The molecule has 0 saturated heterocycles. The lowest BCUT2D eigenvalue weighted by Gasteiger charge is -2.07. The third kappa shape index (κ3) is 2.74. The smallest absolute Gasteiger partial charge is 0.223 e. The molecule has 2 rings (SSSR count). The maximum absolute atomic E-state index is 11.7. The van der Waals surface area contributed by atoms with Crippen LogP contribution in [0.2, 0.25) is 0 Å². The van der Waals surface area contributed by atoms with E-state index in [1.54, 1.807) is 0 Å². The van der Waals surface area contributed by atoms with Gasteiger partial charge in [-0.15, -0.1) is 0 Å². The lowest BCUT2D eigenvalue weighted by molar-refractivity contribution is -0.123. The van der Waals surface area contributed by atoms with Crippen molar-refractivity contribution in [3.63, 3.8) is 0 Å². The van der Waals surface area contributed by atoms with E-state index in [0.717, 1.165) is 31.2 Å². The Kier molecular flexibility index (Phi) is 3.70. The Morgan fingerprint density at radius 3 is 2.73 bits per heavy atom. The molecule has 0 aromatic heterocycles. The Balaban J connectivity index is 1.58. The maximum Gasteiger partial charge on any atom is 0.223 e. The van der Waals surface area contributed by atoms with Crippen molar-refractivity contribution in [3.05, 3.63) is 0 Å². The number of hydrogen-bond donors (Lipinski definition) is 1. The summed E-state index contributed by atoms with van der Waals surface area (Å²) in [7, 11) is 0. The molecule has 0 bridgehead atoms. The fourth-order valence-corrected chi connectivity index (χ4v) is 3.25. The molecule has 0 heterocycles. The summed E-state index contributed by atoms with van der Waals surface area (Å²) in [5, 5.41) is 3.07. The van der Waals surface area contributed by atoms with E-state index >= 15 is 0 Å². The Bertz CT molecular complexity index is 232. The van der Waals surface area contributed by atoms with E-state index in [2.05, 4.69) is 28.2 Å². The highest BCUT2D eigenvalue weighted by molar-refractivity contribution is 9.09. The topological polar surface area (TPSA) is 29.1 Å². The van der Waals surface area contributed by atoms with E-state index < -0.39 is 0 Å². The number of halogens is 1. The minimum absolute atomic E-state index is 0.326. The average molecular weight is 274 g/mol. The summed E-state index contributed by atoms with van der Waals surface area (Å²) in [5.74, 6) is 2.22. The second kappa shape index (κ2) is 4.86. The van der Waals surface area contributed by atoms with Crippen molar-refractivity contribution in [2.45, 2.75) is 43.9 Å². The molecule has 3 unspecified atom stereocenters. The minimum Gasteiger partial charge on any atom is -0.356 e. The second-order valence-corrected chi connectivity index (χ2v) is 6.56. The summed E-state index contributed by atoms with van der Waals surface area (Å²) in [6.45, 7) is 3.00. The van der Waals surface area contributed by atoms with Crippen molar-refractivity contribution in [2.24, 2.45) is 17.8 Å². The monoisotopic (exact) mass is 273 g/mol. The number of alkyl halides is 1. The van der Waals surface area contributed by atoms with Crippen LogP contribution in [0.5, 0.6) is 0 Å². The van der Waals surface area contributed by atoms with E-state index in [0.29, 0.717) is 16.7 Å². The summed E-state index contributed by atoms with van der Waals surface area (Å²) in [6, 6.07) is 0. The predicted octanol–water partition coefficient (Wildman–Crippen LogP) is 2.71. The van der Waals surface area contributed by atoms with Crippen molar-refractivity contribution >= 4 is 21.8 Å². The molecule has 0 spiro atoms. The van der Waals surface area contributed by atoms with Crippen molar-refractivity contribution in [3.8, 4) is 0 Å². The van der Waals surface area contributed by atoms with Gasteiger partial charge in [-0.3, -0.25) is 4.79 Å². The number of amides is 1. The highest BCUT2D eigenvalue weighted by Gasteiger charge is 2.56. The van der Waals surface area contributed by atoms with Crippen LogP contribution in [0.4, 0.5) is 0 Å². The molecule has 15 heavy (non-hydrogen) atoms. The van der Waals surface area contributed by atoms with Gasteiger partial charge >= 0.3 is 0 Å². The molecule has 2 aliphatic carbocycles. The van der Waals surface area contributed by atoms with Crippen molar-refractivity contribution in [1.29, 1.82) is 0 Å². The first-order valence-electron chi connectivity index (χ1n) is 6.12. The van der Waals surface area contributed by atoms with Gasteiger partial charge in [0, 0.05) is 17.3 Å². The Labute approximate surface area is 100 Å². The van der Waals surface area contributed by atoms with Gasteiger partial charge in [0.05, 0.1) is 0 Å². The molecule has 3 atom stereocenters. The van der Waals surface area contributed by atoms with Crippen molar-refractivity contribution in [2.75, 3.05) is 6.54 Å². The van der Waals surface area contributed by atoms with E-state index in [1.165, 1.54) is 19.3 Å². The molecule has 1 amide bonds. The molecule has 2 nitrogen and oxygen atoms in total. The third-order valence-corrected chi connectivity index (χ3v) is 4.25. The third-order valence-electron chi connectivity index (χ3n) is 3.79. The lowest BCUT2D eigenvalue weighted by atomic mass is 10.1. The molecule has 0 aliphatic heterocycles. The number of nitrogens with one attached hydrogen (secondary N) is 1. The molecule has 2 saturated carbocycles. The van der Waals surface area contributed by atoms with Gasteiger partial charge in [0.15, 0.2) is 0 Å². The van der Waals surface area contributed by atoms with Gasteiger partial charge in [0.25, 0.3) is 0 Å². The van der Waals surface area contributed by atoms with Crippen LogP contribution < -0.4 is 5.32 Å². The van der Waals surface area contributed by atoms with Crippen LogP contribution >= 0.6 is 15.9 Å². The fraction of sp³-hybridized carbons (Fsp3) is 0.917. The van der Waals surface area contributed by atoms with Crippen molar-refractivity contribution in [1.82, 2.24) is 5.32 Å². The summed E-state index contributed by atoms with van der Waals surface area (Å²) < 4.78 is 0. The highest BCUT2D eigenvalue weighted by atomic mass is 79.9. The number of fused-ring (bicyclic) bond motifs is 1. The molecular weight excluding hydrogens is 254 g/mol. The molecule has 3 heteroatoms. The van der Waals surface area contributed by atoms with Crippen LogP contribution in [0.3, 0.4) is 0 Å². The maximum atomic E-state index is 11.7. The highest BCUT2D eigenvalue weighted by Crippen LogP contribution is 2.57. The fourth-order valence-electron chi connectivity index (χ4n) is 2.92. The van der Waals surface area contributed by atoms with Crippen LogP contribution in [-0.2, 0) is 4.79 Å². The normalized spacial score (nSPS) is 34.7. The summed E-state index contributed by atoms with van der Waals surface area (Å²) in [4.78, 5) is 12.3. The van der Waals surface area contributed by atoms with Gasteiger partial charge in [-0.05, 0) is 37.5 Å². The largest absolute Gasteiger partial charge is 0.356 e. The lowest BCUT2D eigenvalue weighted by Crippen LogP contribution is -2.27. The molecule has 1 N–H and O–H groups in total. The quantitative estimate of drug-likeness (QED) is 0.606. The predicted molar refractivity (Wildman–Crippen MR) is 65.0 cm³/mol. The SMILES string of the molecule is CC(Br)CCCNC(=O)C1C2CCCC21. The van der Waals surface area contributed by atoms with Gasteiger partial charge in [-0.25, -0.2) is 0 Å². The van der Waals surface area contributed by atoms with Crippen LogP contribution in [0, 0.1) is 17.8 Å². The summed E-state index contributed by atoms with van der Waals surface area (Å²) in [6.07, 6.45) is 6.15.